The van der Waals surface area contributed by atoms with E-state index in [1.54, 1.807) is 0 Å². The van der Waals surface area contributed by atoms with E-state index in [9.17, 15) is 0 Å². The van der Waals surface area contributed by atoms with Crippen molar-refractivity contribution in [3.8, 4) is 0 Å². The third-order valence-corrected chi connectivity index (χ3v) is 1.45. The van der Waals surface area contributed by atoms with Crippen LogP contribution < -0.4 is 0 Å². The normalized spacial score (nSPS) is 9.18. The summed E-state index contributed by atoms with van der Waals surface area (Å²) in [6, 6.07) is 8.23. The molecule has 1 aromatic rings. The zero-order chi connectivity index (χ0) is 8.10. The van der Waals surface area contributed by atoms with E-state index in [0.29, 0.717) is 6.61 Å². The highest BCUT2D eigenvalue weighted by Crippen LogP contribution is 2.04. The molecule has 1 aromatic carbocycles. The first kappa shape index (κ1) is 7.86. The molecule has 0 atom stereocenters. The van der Waals surface area contributed by atoms with E-state index in [2.05, 4.69) is 25.6 Å². The average molecular weight is 148 g/mol. The van der Waals surface area contributed by atoms with Gasteiger partial charge in [0.25, 0.3) is 0 Å². The summed E-state index contributed by atoms with van der Waals surface area (Å²) >= 11 is 0. The first-order valence-corrected chi connectivity index (χ1v) is 3.61. The van der Waals surface area contributed by atoms with Crippen molar-refractivity contribution in [2.75, 3.05) is 0 Å². The van der Waals surface area contributed by atoms with Crippen LogP contribution in [0.25, 0.3) is 0 Å². The van der Waals surface area contributed by atoms with Crippen molar-refractivity contribution < 1.29 is 4.74 Å². The smallest absolute Gasteiger partial charge is 0.112 e. The predicted octanol–water partition coefficient (Wildman–Crippen LogP) is 2.66. The Kier molecular flexibility index (Phi) is 2.73. The standard InChI is InChI=1S/C10H12O/c1-3-11-8-10-6-4-5-9(2)7-10/h3-7H,1,8H2,2H3. The second-order valence-electron chi connectivity index (χ2n) is 2.47. The third-order valence-electron chi connectivity index (χ3n) is 1.45. The number of aryl methyl sites for hydroxylation is 1. The van der Waals surface area contributed by atoms with Crippen LogP contribution in [0.1, 0.15) is 11.1 Å². The average Bonchev–Trinajstić information content (AvgIpc) is 2.01. The lowest BCUT2D eigenvalue weighted by Gasteiger charge is -2.00. The van der Waals surface area contributed by atoms with E-state index in [1.165, 1.54) is 17.4 Å². The molecular formula is C10H12O. The largest absolute Gasteiger partial charge is 0.497 e. The van der Waals surface area contributed by atoms with Crippen molar-refractivity contribution >= 4 is 0 Å². The molecule has 1 nitrogen and oxygen atoms in total. The van der Waals surface area contributed by atoms with Gasteiger partial charge in [-0.15, -0.1) is 0 Å². The van der Waals surface area contributed by atoms with Crippen LogP contribution in [0.2, 0.25) is 0 Å². The summed E-state index contributed by atoms with van der Waals surface area (Å²) in [6.45, 7) is 6.16. The van der Waals surface area contributed by atoms with Gasteiger partial charge in [0.05, 0.1) is 6.26 Å². The molecule has 0 heterocycles. The lowest BCUT2D eigenvalue weighted by molar-refractivity contribution is 0.237. The van der Waals surface area contributed by atoms with Crippen LogP contribution in [0, 0.1) is 6.92 Å². The number of benzene rings is 1. The number of hydrogen-bond donors (Lipinski definition) is 0. The van der Waals surface area contributed by atoms with Gasteiger partial charge < -0.3 is 4.74 Å². The fourth-order valence-electron chi connectivity index (χ4n) is 0.957. The lowest BCUT2D eigenvalue weighted by Crippen LogP contribution is -1.85. The summed E-state index contributed by atoms with van der Waals surface area (Å²) < 4.78 is 5.04. The molecule has 0 aliphatic heterocycles. The Hall–Kier alpha value is -1.24. The van der Waals surface area contributed by atoms with Crippen molar-refractivity contribution in [1.82, 2.24) is 0 Å². The van der Waals surface area contributed by atoms with Crippen LogP contribution in [0.15, 0.2) is 37.1 Å². The molecule has 58 valence electrons. The molecule has 0 saturated heterocycles. The molecule has 11 heavy (non-hydrogen) atoms. The predicted molar refractivity (Wildman–Crippen MR) is 46.2 cm³/mol. The molecule has 0 aliphatic carbocycles. The maximum absolute atomic E-state index is 5.04. The van der Waals surface area contributed by atoms with Crippen LogP contribution in [0.3, 0.4) is 0 Å². The van der Waals surface area contributed by atoms with Crippen LogP contribution >= 0.6 is 0 Å². The maximum Gasteiger partial charge on any atom is 0.112 e. The van der Waals surface area contributed by atoms with Gasteiger partial charge in [-0.2, -0.15) is 0 Å². The van der Waals surface area contributed by atoms with Gasteiger partial charge in [-0.1, -0.05) is 36.4 Å². The van der Waals surface area contributed by atoms with Gasteiger partial charge in [0.15, 0.2) is 0 Å². The number of rotatable bonds is 3. The Morgan fingerprint density at radius 2 is 2.36 bits per heavy atom. The maximum atomic E-state index is 5.04. The van der Waals surface area contributed by atoms with Crippen molar-refractivity contribution in [2.24, 2.45) is 0 Å². The van der Waals surface area contributed by atoms with Crippen LogP contribution in [-0.4, -0.2) is 0 Å². The SMILES string of the molecule is C=COCc1cccc(C)c1. The molecule has 0 spiro atoms. The van der Waals surface area contributed by atoms with Crippen molar-refractivity contribution in [1.29, 1.82) is 0 Å². The molecule has 0 bridgehead atoms. The minimum atomic E-state index is 0.616. The molecular weight excluding hydrogens is 136 g/mol. The van der Waals surface area contributed by atoms with Crippen LogP contribution in [-0.2, 0) is 11.3 Å². The van der Waals surface area contributed by atoms with Gasteiger partial charge >= 0.3 is 0 Å². The summed E-state index contributed by atoms with van der Waals surface area (Å²) in [6.07, 6.45) is 1.46. The molecule has 0 amide bonds. The van der Waals surface area contributed by atoms with E-state index in [1.807, 2.05) is 12.1 Å². The molecule has 1 rings (SSSR count). The first-order chi connectivity index (χ1) is 5.33. The highest BCUT2D eigenvalue weighted by molar-refractivity contribution is 5.21. The van der Waals surface area contributed by atoms with Crippen LogP contribution in [0.5, 0.6) is 0 Å². The summed E-state index contributed by atoms with van der Waals surface area (Å²) in [5.41, 5.74) is 2.44. The summed E-state index contributed by atoms with van der Waals surface area (Å²) in [5, 5.41) is 0. The van der Waals surface area contributed by atoms with E-state index in [0.717, 1.165) is 0 Å². The van der Waals surface area contributed by atoms with E-state index in [-0.39, 0.29) is 0 Å². The first-order valence-electron chi connectivity index (χ1n) is 3.61. The fourth-order valence-corrected chi connectivity index (χ4v) is 0.957. The quantitative estimate of drug-likeness (QED) is 0.599. The zero-order valence-electron chi connectivity index (χ0n) is 6.71. The van der Waals surface area contributed by atoms with Crippen molar-refractivity contribution in [3.63, 3.8) is 0 Å². The lowest BCUT2D eigenvalue weighted by atomic mass is 10.1. The van der Waals surface area contributed by atoms with Gasteiger partial charge in [-0.25, -0.2) is 0 Å². The van der Waals surface area contributed by atoms with Gasteiger partial charge in [0.1, 0.15) is 6.61 Å². The second-order valence-corrected chi connectivity index (χ2v) is 2.47. The Bertz CT molecular complexity index is 240. The molecule has 0 aliphatic rings. The van der Waals surface area contributed by atoms with Gasteiger partial charge in [0.2, 0.25) is 0 Å². The highest BCUT2D eigenvalue weighted by Gasteiger charge is 1.90. The molecule has 0 fully saturated rings. The Labute approximate surface area is 67.3 Å². The second kappa shape index (κ2) is 3.81. The molecule has 0 N–H and O–H groups in total. The Balaban J connectivity index is 2.63. The minimum Gasteiger partial charge on any atom is -0.497 e. The molecule has 0 saturated carbocycles. The molecule has 0 unspecified atom stereocenters. The Morgan fingerprint density at radius 3 is 3.00 bits per heavy atom. The topological polar surface area (TPSA) is 9.23 Å². The Morgan fingerprint density at radius 1 is 1.55 bits per heavy atom. The summed E-state index contributed by atoms with van der Waals surface area (Å²) in [7, 11) is 0. The highest BCUT2D eigenvalue weighted by atomic mass is 16.5. The van der Waals surface area contributed by atoms with Gasteiger partial charge in [-0.3, -0.25) is 0 Å². The molecule has 1 heteroatoms. The zero-order valence-corrected chi connectivity index (χ0v) is 6.71. The monoisotopic (exact) mass is 148 g/mol. The van der Waals surface area contributed by atoms with E-state index < -0.39 is 0 Å². The summed E-state index contributed by atoms with van der Waals surface area (Å²) in [5.74, 6) is 0. The third kappa shape index (κ3) is 2.46. The molecule has 0 aromatic heterocycles. The minimum absolute atomic E-state index is 0.616. The summed E-state index contributed by atoms with van der Waals surface area (Å²) in [4.78, 5) is 0. The van der Waals surface area contributed by atoms with Crippen LogP contribution in [0.4, 0.5) is 0 Å². The van der Waals surface area contributed by atoms with Crippen molar-refractivity contribution in [3.05, 3.63) is 48.2 Å². The van der Waals surface area contributed by atoms with Crippen molar-refractivity contribution in [2.45, 2.75) is 13.5 Å². The number of ether oxygens (including phenoxy) is 1. The van der Waals surface area contributed by atoms with E-state index in [4.69, 9.17) is 4.74 Å². The van der Waals surface area contributed by atoms with Gasteiger partial charge in [-0.05, 0) is 12.5 Å². The number of hydrogen-bond acceptors (Lipinski definition) is 1. The molecule has 0 radical (unpaired) electrons. The van der Waals surface area contributed by atoms with Gasteiger partial charge in [0, 0.05) is 0 Å². The fraction of sp³-hybridized carbons (Fsp3) is 0.200. The van der Waals surface area contributed by atoms with E-state index >= 15 is 0 Å².